The van der Waals surface area contributed by atoms with Crippen LogP contribution in [0.3, 0.4) is 0 Å². The van der Waals surface area contributed by atoms with E-state index in [1.807, 2.05) is 0 Å². The van der Waals surface area contributed by atoms with Crippen LogP contribution < -0.4 is 10.1 Å². The van der Waals surface area contributed by atoms with Gasteiger partial charge in [-0.25, -0.2) is 17.6 Å². The number of ether oxygens (including phenoxy) is 1. The SMILES string of the molecule is COc1ccc(F)cc1C(C)(C)CC(O)(CNc1cccc2ncccc12)C(F)C(F)F. The molecule has 172 valence electrons. The quantitative estimate of drug-likeness (QED) is 0.423. The fraction of sp³-hybridized carbons (Fsp3) is 0.375. The van der Waals surface area contributed by atoms with Crippen LogP contribution in [0.5, 0.6) is 5.75 Å². The number of hydrogen-bond acceptors (Lipinski definition) is 4. The van der Waals surface area contributed by atoms with Crippen molar-refractivity contribution in [1.82, 2.24) is 4.98 Å². The Labute approximate surface area is 184 Å². The Morgan fingerprint density at radius 2 is 1.84 bits per heavy atom. The lowest BCUT2D eigenvalue weighted by atomic mass is 9.73. The summed E-state index contributed by atoms with van der Waals surface area (Å²) in [5.74, 6) is -0.233. The molecule has 0 saturated heterocycles. The Morgan fingerprint density at radius 1 is 1.09 bits per heavy atom. The molecule has 2 unspecified atom stereocenters. The molecule has 32 heavy (non-hydrogen) atoms. The average Bonchev–Trinajstić information content (AvgIpc) is 2.76. The van der Waals surface area contributed by atoms with Crippen LogP contribution in [0, 0.1) is 5.82 Å². The van der Waals surface area contributed by atoms with E-state index in [1.165, 1.54) is 25.3 Å². The number of methoxy groups -OCH3 is 1. The molecule has 2 atom stereocenters. The zero-order chi connectivity index (χ0) is 23.5. The first-order chi connectivity index (χ1) is 15.1. The van der Waals surface area contributed by atoms with Gasteiger partial charge in [-0.2, -0.15) is 0 Å². The maximum Gasteiger partial charge on any atom is 0.272 e. The Hall–Kier alpha value is -2.87. The smallest absolute Gasteiger partial charge is 0.272 e. The van der Waals surface area contributed by atoms with E-state index in [1.54, 1.807) is 50.4 Å². The number of nitrogens with zero attached hydrogens (tertiary/aromatic N) is 1. The molecule has 0 aliphatic heterocycles. The second-order valence-corrected chi connectivity index (χ2v) is 8.47. The number of fused-ring (bicyclic) bond motifs is 1. The molecular formula is C24H26F4N2O2. The molecule has 0 aliphatic carbocycles. The van der Waals surface area contributed by atoms with Crippen molar-refractivity contribution in [2.45, 2.75) is 43.9 Å². The lowest BCUT2D eigenvalue weighted by Crippen LogP contribution is -2.52. The van der Waals surface area contributed by atoms with Crippen LogP contribution in [0.4, 0.5) is 23.2 Å². The number of halogens is 4. The van der Waals surface area contributed by atoms with Crippen LogP contribution in [0.2, 0.25) is 0 Å². The minimum absolute atomic E-state index is 0.319. The molecule has 0 aliphatic rings. The van der Waals surface area contributed by atoms with Gasteiger partial charge in [-0.15, -0.1) is 0 Å². The zero-order valence-electron chi connectivity index (χ0n) is 18.1. The van der Waals surface area contributed by atoms with E-state index in [2.05, 4.69) is 10.3 Å². The second kappa shape index (κ2) is 9.32. The topological polar surface area (TPSA) is 54.4 Å². The highest BCUT2D eigenvalue weighted by molar-refractivity contribution is 5.91. The number of nitrogens with one attached hydrogen (secondary N) is 1. The fourth-order valence-electron chi connectivity index (χ4n) is 4.07. The summed E-state index contributed by atoms with van der Waals surface area (Å²) in [5.41, 5.74) is -2.02. The van der Waals surface area contributed by atoms with Gasteiger partial charge in [0.05, 0.1) is 12.6 Å². The van der Waals surface area contributed by atoms with E-state index in [0.29, 0.717) is 27.9 Å². The Balaban J connectivity index is 1.94. The Bertz CT molecular complexity index is 1070. The minimum atomic E-state index is -3.40. The summed E-state index contributed by atoms with van der Waals surface area (Å²) in [6.45, 7) is 2.75. The molecule has 2 N–H and O–H groups in total. The number of rotatable bonds is 9. The number of alkyl halides is 3. The van der Waals surface area contributed by atoms with Gasteiger partial charge in [-0.3, -0.25) is 4.98 Å². The van der Waals surface area contributed by atoms with Crippen molar-refractivity contribution >= 4 is 16.6 Å². The van der Waals surface area contributed by atoms with Crippen molar-refractivity contribution in [3.63, 3.8) is 0 Å². The first-order valence-corrected chi connectivity index (χ1v) is 10.1. The summed E-state index contributed by atoms with van der Waals surface area (Å²) in [4.78, 5) is 4.23. The molecule has 0 spiro atoms. The number of aliphatic hydroxyl groups is 1. The predicted molar refractivity (Wildman–Crippen MR) is 117 cm³/mol. The van der Waals surface area contributed by atoms with Crippen LogP contribution in [0.15, 0.2) is 54.7 Å². The fourth-order valence-corrected chi connectivity index (χ4v) is 4.07. The Morgan fingerprint density at radius 3 is 2.53 bits per heavy atom. The van der Waals surface area contributed by atoms with Gasteiger partial charge in [0, 0.05) is 29.4 Å². The standard InChI is InChI=1S/C24H26F4N2O2/c1-23(2,17-12-15(25)9-10-20(17)32-3)13-24(31,21(26)22(27)28)14-30-19-8-4-7-18-16(19)6-5-11-29-18/h4-12,21-22,30-31H,13-14H2,1-3H3. The van der Waals surface area contributed by atoms with E-state index >= 15 is 0 Å². The number of hydrogen-bond donors (Lipinski definition) is 2. The summed E-state index contributed by atoms with van der Waals surface area (Å²) >= 11 is 0. The number of pyridine rings is 1. The number of anilines is 1. The van der Waals surface area contributed by atoms with Crippen molar-refractivity contribution in [2.75, 3.05) is 19.0 Å². The van der Waals surface area contributed by atoms with Crippen LogP contribution >= 0.6 is 0 Å². The molecule has 0 amide bonds. The second-order valence-electron chi connectivity index (χ2n) is 8.47. The van der Waals surface area contributed by atoms with Gasteiger partial charge in [0.1, 0.15) is 17.2 Å². The molecule has 2 aromatic carbocycles. The molecule has 8 heteroatoms. The van der Waals surface area contributed by atoms with Crippen molar-refractivity contribution in [3.05, 3.63) is 66.1 Å². The number of benzene rings is 2. The third-order valence-corrected chi connectivity index (χ3v) is 5.60. The van der Waals surface area contributed by atoms with E-state index < -0.39 is 42.4 Å². The lowest BCUT2D eigenvalue weighted by Gasteiger charge is -2.39. The van der Waals surface area contributed by atoms with Crippen LogP contribution in [-0.2, 0) is 5.41 Å². The third-order valence-electron chi connectivity index (χ3n) is 5.60. The number of aromatic nitrogens is 1. The first-order valence-electron chi connectivity index (χ1n) is 10.1. The lowest BCUT2D eigenvalue weighted by molar-refractivity contribution is -0.103. The van der Waals surface area contributed by atoms with Gasteiger partial charge in [0.15, 0.2) is 6.17 Å². The molecule has 3 aromatic rings. The average molecular weight is 450 g/mol. The van der Waals surface area contributed by atoms with Crippen LogP contribution in [0.25, 0.3) is 10.9 Å². The van der Waals surface area contributed by atoms with Crippen LogP contribution in [-0.4, -0.2) is 41.9 Å². The third kappa shape index (κ3) is 4.96. The minimum Gasteiger partial charge on any atom is -0.496 e. The molecule has 3 rings (SSSR count). The van der Waals surface area contributed by atoms with E-state index in [0.717, 1.165) is 0 Å². The van der Waals surface area contributed by atoms with Gasteiger partial charge in [0.25, 0.3) is 6.43 Å². The van der Waals surface area contributed by atoms with Gasteiger partial charge in [-0.1, -0.05) is 19.9 Å². The van der Waals surface area contributed by atoms with Gasteiger partial charge in [-0.05, 0) is 54.3 Å². The highest BCUT2D eigenvalue weighted by atomic mass is 19.3. The summed E-state index contributed by atoms with van der Waals surface area (Å²) in [5, 5.41) is 14.8. The molecule has 4 nitrogen and oxygen atoms in total. The molecular weight excluding hydrogens is 424 g/mol. The molecule has 1 aromatic heterocycles. The maximum absolute atomic E-state index is 14.7. The maximum atomic E-state index is 14.7. The largest absolute Gasteiger partial charge is 0.496 e. The normalized spacial score (nSPS) is 14.9. The van der Waals surface area contributed by atoms with Crippen molar-refractivity contribution in [3.8, 4) is 5.75 Å². The summed E-state index contributed by atoms with van der Waals surface area (Å²) in [6.07, 6.45) is -5.03. The van der Waals surface area contributed by atoms with Crippen molar-refractivity contribution in [2.24, 2.45) is 0 Å². The molecule has 0 radical (unpaired) electrons. The summed E-state index contributed by atoms with van der Waals surface area (Å²) in [7, 11) is 1.40. The summed E-state index contributed by atoms with van der Waals surface area (Å²) in [6, 6.07) is 12.5. The highest BCUT2D eigenvalue weighted by Gasteiger charge is 2.47. The highest BCUT2D eigenvalue weighted by Crippen LogP contribution is 2.41. The monoisotopic (exact) mass is 450 g/mol. The van der Waals surface area contributed by atoms with Crippen molar-refractivity contribution < 1.29 is 27.4 Å². The molecule has 0 fully saturated rings. The van der Waals surface area contributed by atoms with Gasteiger partial charge >= 0.3 is 0 Å². The first kappa shape index (κ1) is 23.8. The van der Waals surface area contributed by atoms with Crippen LogP contribution in [0.1, 0.15) is 25.8 Å². The van der Waals surface area contributed by atoms with E-state index in [4.69, 9.17) is 4.74 Å². The van der Waals surface area contributed by atoms with E-state index in [-0.39, 0.29) is 0 Å². The molecule has 0 bridgehead atoms. The Kier molecular flexibility index (Phi) is 6.93. The zero-order valence-corrected chi connectivity index (χ0v) is 18.1. The van der Waals surface area contributed by atoms with Gasteiger partial charge < -0.3 is 15.2 Å². The van der Waals surface area contributed by atoms with Gasteiger partial charge in [0.2, 0.25) is 0 Å². The molecule has 0 saturated carbocycles. The molecule has 1 heterocycles. The summed E-state index contributed by atoms with van der Waals surface area (Å²) < 4.78 is 60.8. The predicted octanol–water partition coefficient (Wildman–Crippen LogP) is 5.50. The van der Waals surface area contributed by atoms with Crippen molar-refractivity contribution in [1.29, 1.82) is 0 Å². The van der Waals surface area contributed by atoms with E-state index in [9.17, 15) is 22.7 Å².